The normalized spacial score (nSPS) is 9.96. The highest BCUT2D eigenvalue weighted by Crippen LogP contribution is 2.29. The third-order valence-electron chi connectivity index (χ3n) is 4.24. The monoisotopic (exact) mass is 381 g/mol. The number of aliphatic carboxylic acids is 2. The summed E-state index contributed by atoms with van der Waals surface area (Å²) in [6, 6.07) is 19.1. The van der Waals surface area contributed by atoms with Crippen LogP contribution in [0.4, 0.5) is 5.69 Å². The lowest BCUT2D eigenvalue weighted by atomic mass is 10.0. The molecule has 6 nitrogen and oxygen atoms in total. The molecule has 0 saturated heterocycles. The number of anilines is 1. The molecule has 0 aliphatic rings. The van der Waals surface area contributed by atoms with E-state index in [2.05, 4.69) is 61.6 Å². The maximum Gasteiger partial charge on any atom is 0.414 e. The van der Waals surface area contributed by atoms with Crippen molar-refractivity contribution in [1.29, 1.82) is 0 Å². The van der Waals surface area contributed by atoms with Crippen LogP contribution in [0.3, 0.4) is 0 Å². The summed E-state index contributed by atoms with van der Waals surface area (Å²) in [4.78, 5) is 18.2. The van der Waals surface area contributed by atoms with Crippen molar-refractivity contribution in [3.05, 3.63) is 71.3 Å². The molecule has 0 radical (unpaired) electrons. The summed E-state index contributed by atoms with van der Waals surface area (Å²) in [5, 5.41) is 20.7. The first-order valence-corrected chi connectivity index (χ1v) is 8.65. The van der Waals surface area contributed by atoms with Crippen LogP contribution in [0.5, 0.6) is 5.75 Å². The van der Waals surface area contributed by atoms with Crippen LogP contribution in [-0.4, -0.2) is 29.3 Å². The van der Waals surface area contributed by atoms with Crippen molar-refractivity contribution in [3.8, 4) is 5.75 Å². The van der Waals surface area contributed by atoms with Crippen LogP contribution < -0.4 is 10.1 Å². The van der Waals surface area contributed by atoms with E-state index in [1.165, 1.54) is 27.8 Å². The lowest BCUT2D eigenvalue weighted by molar-refractivity contribution is -0.159. The molecule has 0 fully saturated rings. The third-order valence-corrected chi connectivity index (χ3v) is 4.24. The molecule has 0 saturated carbocycles. The predicted octanol–water partition coefficient (Wildman–Crippen LogP) is 4.23. The number of rotatable bonds is 4. The minimum atomic E-state index is -1.82. The molecule has 3 aromatic carbocycles. The van der Waals surface area contributed by atoms with E-state index < -0.39 is 11.9 Å². The lowest BCUT2D eigenvalue weighted by Gasteiger charge is -2.14. The average Bonchev–Trinajstić information content (AvgIpc) is 2.68. The number of methoxy groups -OCH3 is 1. The Balaban J connectivity index is 0.000000409. The van der Waals surface area contributed by atoms with Crippen molar-refractivity contribution in [1.82, 2.24) is 0 Å². The molecule has 0 atom stereocenters. The van der Waals surface area contributed by atoms with Crippen LogP contribution in [0.2, 0.25) is 0 Å². The quantitative estimate of drug-likeness (QED) is 0.585. The molecule has 0 aliphatic carbocycles. The van der Waals surface area contributed by atoms with Crippen LogP contribution in [0.1, 0.15) is 16.7 Å². The fraction of sp³-hybridized carbons (Fsp3) is 0.182. The molecular formula is C22H23NO5. The second kappa shape index (κ2) is 9.41. The SMILES string of the molecule is COc1ccc(CNc2cc(C)ccc2C)c2ccccc12.O=C(O)C(=O)O. The zero-order valence-electron chi connectivity index (χ0n) is 16.0. The minimum Gasteiger partial charge on any atom is -0.496 e. The van der Waals surface area contributed by atoms with Gasteiger partial charge >= 0.3 is 11.9 Å². The fourth-order valence-corrected chi connectivity index (χ4v) is 2.78. The molecule has 0 aromatic heterocycles. The van der Waals surface area contributed by atoms with Gasteiger partial charge in [-0.1, -0.05) is 42.5 Å². The number of carbonyl (C=O) groups is 2. The number of aryl methyl sites for hydroxylation is 2. The first-order chi connectivity index (χ1) is 13.3. The third kappa shape index (κ3) is 5.23. The predicted molar refractivity (Wildman–Crippen MR) is 109 cm³/mol. The second-order valence-corrected chi connectivity index (χ2v) is 6.25. The first-order valence-electron chi connectivity index (χ1n) is 8.65. The molecule has 3 N–H and O–H groups in total. The molecule has 0 amide bonds. The summed E-state index contributed by atoms with van der Waals surface area (Å²) < 4.78 is 5.46. The van der Waals surface area contributed by atoms with Gasteiger partial charge in [0, 0.05) is 17.6 Å². The molecule has 0 unspecified atom stereocenters. The van der Waals surface area contributed by atoms with Crippen molar-refractivity contribution in [2.24, 2.45) is 0 Å². The Morgan fingerprint density at radius 3 is 2.18 bits per heavy atom. The molecule has 0 aliphatic heterocycles. The summed E-state index contributed by atoms with van der Waals surface area (Å²) in [6.07, 6.45) is 0. The van der Waals surface area contributed by atoms with Gasteiger partial charge in [-0.25, -0.2) is 9.59 Å². The van der Waals surface area contributed by atoms with Gasteiger partial charge < -0.3 is 20.3 Å². The van der Waals surface area contributed by atoms with Gasteiger partial charge in [-0.15, -0.1) is 0 Å². The minimum absolute atomic E-state index is 0.800. The van der Waals surface area contributed by atoms with Crippen LogP contribution in [-0.2, 0) is 16.1 Å². The number of carboxylic acid groups (broad SMARTS) is 2. The van der Waals surface area contributed by atoms with Crippen LogP contribution >= 0.6 is 0 Å². The maximum absolute atomic E-state index is 9.10. The molecule has 6 heteroatoms. The molecule has 3 aromatic rings. The van der Waals surface area contributed by atoms with E-state index in [-0.39, 0.29) is 0 Å². The van der Waals surface area contributed by atoms with E-state index >= 15 is 0 Å². The van der Waals surface area contributed by atoms with E-state index in [0.717, 1.165) is 17.7 Å². The smallest absolute Gasteiger partial charge is 0.414 e. The summed E-state index contributed by atoms with van der Waals surface area (Å²) in [5.74, 6) is -2.73. The number of carboxylic acids is 2. The molecule has 28 heavy (non-hydrogen) atoms. The van der Waals surface area contributed by atoms with Gasteiger partial charge in [0.2, 0.25) is 0 Å². The van der Waals surface area contributed by atoms with Crippen molar-refractivity contribution < 1.29 is 24.5 Å². The number of fused-ring (bicyclic) bond motifs is 1. The second-order valence-electron chi connectivity index (χ2n) is 6.25. The van der Waals surface area contributed by atoms with E-state index in [1.807, 2.05) is 12.1 Å². The van der Waals surface area contributed by atoms with Gasteiger partial charge in [-0.3, -0.25) is 0 Å². The molecule has 0 heterocycles. The van der Waals surface area contributed by atoms with E-state index in [0.29, 0.717) is 0 Å². The Hall–Kier alpha value is -3.54. The summed E-state index contributed by atoms with van der Waals surface area (Å²) in [7, 11) is 1.72. The molecule has 146 valence electrons. The number of ether oxygens (including phenoxy) is 1. The Bertz CT molecular complexity index is 985. The highest BCUT2D eigenvalue weighted by Gasteiger charge is 2.06. The van der Waals surface area contributed by atoms with Crippen LogP contribution in [0.15, 0.2) is 54.6 Å². The molecular weight excluding hydrogens is 358 g/mol. The standard InChI is InChI=1S/C20H21NO.C2H2O4/c1-14-8-9-15(2)19(12-14)21-13-16-10-11-20(22-3)18-7-5-4-6-17(16)18;3-1(4)2(5)6/h4-12,21H,13H2,1-3H3;(H,3,4)(H,5,6). The van der Waals surface area contributed by atoms with Crippen molar-refractivity contribution >= 4 is 28.4 Å². The lowest BCUT2D eigenvalue weighted by Crippen LogP contribution is -2.09. The molecule has 0 spiro atoms. The van der Waals surface area contributed by atoms with Gasteiger partial charge in [-0.05, 0) is 48.1 Å². The van der Waals surface area contributed by atoms with Gasteiger partial charge in [0.1, 0.15) is 5.75 Å². The summed E-state index contributed by atoms with van der Waals surface area (Å²) >= 11 is 0. The fourth-order valence-electron chi connectivity index (χ4n) is 2.78. The summed E-state index contributed by atoms with van der Waals surface area (Å²) in [5.41, 5.74) is 5.01. The Morgan fingerprint density at radius 2 is 1.57 bits per heavy atom. The van der Waals surface area contributed by atoms with E-state index in [9.17, 15) is 0 Å². The van der Waals surface area contributed by atoms with Gasteiger partial charge in [0.15, 0.2) is 0 Å². The van der Waals surface area contributed by atoms with Crippen molar-refractivity contribution in [2.45, 2.75) is 20.4 Å². The van der Waals surface area contributed by atoms with Gasteiger partial charge in [0.25, 0.3) is 0 Å². The highest BCUT2D eigenvalue weighted by molar-refractivity contribution is 6.27. The molecule has 3 rings (SSSR count). The van der Waals surface area contributed by atoms with Crippen LogP contribution in [0, 0.1) is 13.8 Å². The zero-order valence-corrected chi connectivity index (χ0v) is 16.0. The van der Waals surface area contributed by atoms with E-state index in [4.69, 9.17) is 24.5 Å². The summed E-state index contributed by atoms with van der Waals surface area (Å²) in [6.45, 7) is 5.05. The van der Waals surface area contributed by atoms with Crippen LogP contribution in [0.25, 0.3) is 10.8 Å². The van der Waals surface area contributed by atoms with Crippen molar-refractivity contribution in [3.63, 3.8) is 0 Å². The maximum atomic E-state index is 9.10. The Morgan fingerprint density at radius 1 is 0.929 bits per heavy atom. The Kier molecular flexibility index (Phi) is 6.98. The van der Waals surface area contributed by atoms with E-state index in [1.54, 1.807) is 7.11 Å². The number of hydrogen-bond donors (Lipinski definition) is 3. The number of nitrogens with one attached hydrogen (secondary N) is 1. The number of benzene rings is 3. The molecule has 0 bridgehead atoms. The van der Waals surface area contributed by atoms with Gasteiger partial charge in [-0.2, -0.15) is 0 Å². The zero-order chi connectivity index (χ0) is 20.7. The topological polar surface area (TPSA) is 95.9 Å². The first kappa shape index (κ1) is 20.8. The highest BCUT2D eigenvalue weighted by atomic mass is 16.5. The van der Waals surface area contributed by atoms with Crippen molar-refractivity contribution in [2.75, 3.05) is 12.4 Å². The largest absolute Gasteiger partial charge is 0.496 e. The average molecular weight is 381 g/mol. The Labute approximate surface area is 163 Å². The number of hydrogen-bond acceptors (Lipinski definition) is 4. The van der Waals surface area contributed by atoms with Gasteiger partial charge in [0.05, 0.1) is 7.11 Å².